The Bertz CT molecular complexity index is 228. The highest BCUT2D eigenvalue weighted by atomic mass is 35.5. The van der Waals surface area contributed by atoms with E-state index >= 15 is 0 Å². The highest BCUT2D eigenvalue weighted by molar-refractivity contribution is 5.14. The molecule has 12 heavy (non-hydrogen) atoms. The molecule has 0 aliphatic carbocycles. The maximum absolute atomic E-state index is 12.6. The Morgan fingerprint density at radius 2 is 2.17 bits per heavy atom. The van der Waals surface area contributed by atoms with E-state index < -0.39 is 0 Å². The molecule has 0 heterocycles. The number of nitrogens with two attached hydrogens (primary N) is 1. The van der Waals surface area contributed by atoms with Crippen LogP contribution in [-0.4, -0.2) is 6.54 Å². The number of hydrogen-bond acceptors (Lipinski definition) is 0. The number of halogens is 2. The summed E-state index contributed by atoms with van der Waals surface area (Å²) in [4.78, 5) is 0. The summed E-state index contributed by atoms with van der Waals surface area (Å²) in [5.74, 6) is -0.146. The fraction of sp³-hybridized carbons (Fsp3) is 0.333. The van der Waals surface area contributed by atoms with E-state index in [-0.39, 0.29) is 18.2 Å². The van der Waals surface area contributed by atoms with Crippen LogP contribution < -0.4 is 17.7 Å². The summed E-state index contributed by atoms with van der Waals surface area (Å²) in [6.07, 6.45) is 0. The van der Waals surface area contributed by atoms with Crippen LogP contribution in [0, 0.1) is 5.82 Å². The zero-order valence-electron chi connectivity index (χ0n) is 7.06. The van der Waals surface area contributed by atoms with Crippen LogP contribution in [-0.2, 0) is 6.54 Å². The molecule has 0 radical (unpaired) electrons. The lowest BCUT2D eigenvalue weighted by atomic mass is 10.2. The largest absolute Gasteiger partial charge is 1.00 e. The van der Waals surface area contributed by atoms with Crippen LogP contribution >= 0.6 is 0 Å². The van der Waals surface area contributed by atoms with Crippen LogP contribution in [0.2, 0.25) is 0 Å². The molecular formula is C9H13ClFN. The molecule has 0 bridgehead atoms. The van der Waals surface area contributed by atoms with Gasteiger partial charge in [-0.15, -0.1) is 0 Å². The molecule has 1 aromatic rings. The van der Waals surface area contributed by atoms with E-state index in [4.69, 9.17) is 0 Å². The van der Waals surface area contributed by atoms with Crippen molar-refractivity contribution in [3.05, 3.63) is 35.6 Å². The van der Waals surface area contributed by atoms with Crippen molar-refractivity contribution in [3.8, 4) is 0 Å². The topological polar surface area (TPSA) is 16.6 Å². The van der Waals surface area contributed by atoms with Gasteiger partial charge >= 0.3 is 0 Å². The Labute approximate surface area is 78.4 Å². The van der Waals surface area contributed by atoms with Gasteiger partial charge in [0.2, 0.25) is 0 Å². The monoisotopic (exact) mass is 189 g/mol. The predicted octanol–water partition coefficient (Wildman–Crippen LogP) is -2.09. The van der Waals surface area contributed by atoms with Crippen molar-refractivity contribution >= 4 is 0 Å². The zero-order valence-corrected chi connectivity index (χ0v) is 7.81. The van der Waals surface area contributed by atoms with Crippen molar-refractivity contribution in [2.24, 2.45) is 0 Å². The molecule has 1 aromatic carbocycles. The van der Waals surface area contributed by atoms with Crippen LogP contribution in [0.5, 0.6) is 0 Å². The van der Waals surface area contributed by atoms with Gasteiger partial charge in [0.1, 0.15) is 12.4 Å². The van der Waals surface area contributed by atoms with Crippen molar-refractivity contribution in [1.29, 1.82) is 0 Å². The van der Waals surface area contributed by atoms with Gasteiger partial charge in [0.15, 0.2) is 0 Å². The van der Waals surface area contributed by atoms with E-state index in [1.54, 1.807) is 12.1 Å². The Hall–Kier alpha value is -0.600. The molecule has 1 rings (SSSR count). The van der Waals surface area contributed by atoms with Crippen LogP contribution in [0.1, 0.15) is 12.5 Å². The second kappa shape index (κ2) is 5.98. The minimum absolute atomic E-state index is 0. The molecule has 0 aliphatic heterocycles. The summed E-state index contributed by atoms with van der Waals surface area (Å²) in [6.45, 7) is 3.99. The Kier molecular flexibility index (Phi) is 5.68. The molecular weight excluding hydrogens is 177 g/mol. The van der Waals surface area contributed by atoms with Crippen LogP contribution in [0.4, 0.5) is 4.39 Å². The Morgan fingerprint density at radius 1 is 1.42 bits per heavy atom. The fourth-order valence-electron chi connectivity index (χ4n) is 0.975. The van der Waals surface area contributed by atoms with E-state index in [1.807, 2.05) is 6.07 Å². The standard InChI is InChI=1S/C9H12FN.ClH/c1-2-11-7-8-4-3-5-9(10)6-8;/h3-6,11H,2,7H2,1H3;1H. The smallest absolute Gasteiger partial charge is 0.123 e. The highest BCUT2D eigenvalue weighted by Gasteiger charge is 1.94. The molecule has 0 amide bonds. The molecule has 0 unspecified atom stereocenters. The average Bonchev–Trinajstić information content (AvgIpc) is 2.01. The van der Waals surface area contributed by atoms with Crippen LogP contribution in [0.15, 0.2) is 24.3 Å². The van der Waals surface area contributed by atoms with Gasteiger partial charge in [-0.2, -0.15) is 0 Å². The van der Waals surface area contributed by atoms with Crippen molar-refractivity contribution in [2.75, 3.05) is 6.54 Å². The highest BCUT2D eigenvalue weighted by Crippen LogP contribution is 2.00. The lowest BCUT2D eigenvalue weighted by Gasteiger charge is -1.97. The number of benzene rings is 1. The molecule has 0 aliphatic rings. The minimum atomic E-state index is -0.146. The van der Waals surface area contributed by atoms with Gasteiger partial charge in [0.25, 0.3) is 0 Å². The Morgan fingerprint density at radius 3 is 2.75 bits per heavy atom. The van der Waals surface area contributed by atoms with Crippen LogP contribution in [0.3, 0.4) is 0 Å². The summed E-state index contributed by atoms with van der Waals surface area (Å²) in [7, 11) is 0. The van der Waals surface area contributed by atoms with Crippen molar-refractivity contribution < 1.29 is 22.1 Å². The molecule has 0 saturated carbocycles. The van der Waals surface area contributed by atoms with Crippen molar-refractivity contribution in [3.63, 3.8) is 0 Å². The molecule has 3 heteroatoms. The normalized spacial score (nSPS) is 9.17. The van der Waals surface area contributed by atoms with Gasteiger partial charge in [-0.3, -0.25) is 0 Å². The van der Waals surface area contributed by atoms with E-state index in [2.05, 4.69) is 12.2 Å². The van der Waals surface area contributed by atoms with E-state index in [0.717, 1.165) is 18.7 Å². The molecule has 0 fully saturated rings. The molecule has 0 saturated heterocycles. The molecule has 1 nitrogen and oxygen atoms in total. The summed E-state index contributed by atoms with van der Waals surface area (Å²) in [5.41, 5.74) is 1.05. The van der Waals surface area contributed by atoms with Gasteiger partial charge in [-0.1, -0.05) is 12.1 Å². The predicted molar refractivity (Wildman–Crippen MR) is 42.6 cm³/mol. The summed E-state index contributed by atoms with van der Waals surface area (Å²) >= 11 is 0. The molecule has 0 atom stereocenters. The molecule has 68 valence electrons. The van der Waals surface area contributed by atoms with Gasteiger partial charge in [-0.05, 0) is 19.1 Å². The van der Waals surface area contributed by atoms with E-state index in [1.165, 1.54) is 6.07 Å². The summed E-state index contributed by atoms with van der Waals surface area (Å²) in [5, 5.41) is 2.13. The fourth-order valence-corrected chi connectivity index (χ4v) is 0.975. The molecule has 0 spiro atoms. The van der Waals surface area contributed by atoms with Gasteiger partial charge < -0.3 is 17.7 Å². The first-order valence-corrected chi connectivity index (χ1v) is 3.89. The SMILES string of the molecule is CC[NH2+]Cc1cccc(F)c1.[Cl-]. The third-order valence-electron chi connectivity index (χ3n) is 1.56. The molecule has 2 N–H and O–H groups in total. The second-order valence-electron chi connectivity index (χ2n) is 2.53. The number of hydrogen-bond donors (Lipinski definition) is 1. The maximum atomic E-state index is 12.6. The van der Waals surface area contributed by atoms with Gasteiger partial charge in [-0.25, -0.2) is 4.39 Å². The van der Waals surface area contributed by atoms with E-state index in [0.29, 0.717) is 0 Å². The zero-order chi connectivity index (χ0) is 8.10. The summed E-state index contributed by atoms with van der Waals surface area (Å²) < 4.78 is 12.6. The first-order valence-electron chi connectivity index (χ1n) is 3.89. The minimum Gasteiger partial charge on any atom is -1.00 e. The summed E-state index contributed by atoms with van der Waals surface area (Å²) in [6, 6.07) is 6.73. The van der Waals surface area contributed by atoms with E-state index in [9.17, 15) is 4.39 Å². The van der Waals surface area contributed by atoms with Crippen LogP contribution in [0.25, 0.3) is 0 Å². The number of rotatable bonds is 3. The first-order chi connectivity index (χ1) is 5.33. The Balaban J connectivity index is 0.00000121. The van der Waals surface area contributed by atoms with Crippen molar-refractivity contribution in [2.45, 2.75) is 13.5 Å². The van der Waals surface area contributed by atoms with Gasteiger partial charge in [0, 0.05) is 5.56 Å². The third kappa shape index (κ3) is 3.69. The quantitative estimate of drug-likeness (QED) is 0.562. The molecule has 0 aromatic heterocycles. The second-order valence-corrected chi connectivity index (χ2v) is 2.53. The maximum Gasteiger partial charge on any atom is 0.123 e. The number of quaternary nitrogens is 1. The van der Waals surface area contributed by atoms with Crippen molar-refractivity contribution in [1.82, 2.24) is 0 Å². The third-order valence-corrected chi connectivity index (χ3v) is 1.56. The lowest BCUT2D eigenvalue weighted by molar-refractivity contribution is -0.667. The lowest BCUT2D eigenvalue weighted by Crippen LogP contribution is -3.00. The average molecular weight is 190 g/mol. The first kappa shape index (κ1) is 11.4. The van der Waals surface area contributed by atoms with Gasteiger partial charge in [0.05, 0.1) is 6.54 Å².